The zero-order chi connectivity index (χ0) is 29.5. The zero-order valence-electron chi connectivity index (χ0n) is 24.2. The highest BCUT2D eigenvalue weighted by molar-refractivity contribution is 6.05. The van der Waals surface area contributed by atoms with Crippen molar-refractivity contribution in [3.8, 4) is 11.5 Å². The van der Waals surface area contributed by atoms with Crippen LogP contribution in [0.15, 0.2) is 42.5 Å². The van der Waals surface area contributed by atoms with Crippen LogP contribution in [0.3, 0.4) is 0 Å². The van der Waals surface area contributed by atoms with Gasteiger partial charge in [0.25, 0.3) is 11.8 Å². The summed E-state index contributed by atoms with van der Waals surface area (Å²) in [6.45, 7) is 8.30. The van der Waals surface area contributed by atoms with E-state index in [1.54, 1.807) is 41.2 Å². The molecular weight excluding hydrogens is 526 g/mol. The molecule has 218 valence electrons. The quantitative estimate of drug-likeness (QED) is 0.487. The van der Waals surface area contributed by atoms with E-state index in [0.717, 1.165) is 11.1 Å². The van der Waals surface area contributed by atoms with Gasteiger partial charge in [0.1, 0.15) is 29.2 Å². The second-order valence-electron chi connectivity index (χ2n) is 11.9. The lowest BCUT2D eigenvalue weighted by atomic mass is 10.0. The first kappa shape index (κ1) is 28.4. The monoisotopic (exact) mass is 563 g/mol. The molecule has 10 heteroatoms. The van der Waals surface area contributed by atoms with Gasteiger partial charge in [0.15, 0.2) is 0 Å². The van der Waals surface area contributed by atoms with Crippen LogP contribution < -0.4 is 9.47 Å². The van der Waals surface area contributed by atoms with Gasteiger partial charge < -0.3 is 24.0 Å². The number of benzene rings is 2. The fourth-order valence-electron chi connectivity index (χ4n) is 5.67. The Morgan fingerprint density at radius 2 is 1.73 bits per heavy atom. The minimum absolute atomic E-state index is 0.0257. The van der Waals surface area contributed by atoms with Gasteiger partial charge in [-0.2, -0.15) is 0 Å². The van der Waals surface area contributed by atoms with E-state index in [-0.39, 0.29) is 55.5 Å². The molecule has 2 aromatic carbocycles. The minimum atomic E-state index is -0.715. The molecule has 10 nitrogen and oxygen atoms in total. The Kier molecular flexibility index (Phi) is 7.68. The molecule has 4 amide bonds. The SMILES string of the molecule is COc1ccc(CN2C(=O)CCC(N3Cc4cc(O[C@H]5C[C@H](C)N(C(=O)OC(C)(C)C)C5)ccc4C3=O)C2=O)cc1. The Balaban J connectivity index is 1.24. The van der Waals surface area contributed by atoms with Crippen molar-refractivity contribution >= 4 is 23.8 Å². The molecule has 41 heavy (non-hydrogen) atoms. The number of hydrogen-bond donors (Lipinski definition) is 0. The van der Waals surface area contributed by atoms with E-state index in [9.17, 15) is 19.2 Å². The number of likely N-dealkylation sites (tertiary alicyclic amines) is 2. The first-order valence-electron chi connectivity index (χ1n) is 14.0. The smallest absolute Gasteiger partial charge is 0.410 e. The molecule has 3 heterocycles. The van der Waals surface area contributed by atoms with Gasteiger partial charge in [0, 0.05) is 31.0 Å². The van der Waals surface area contributed by atoms with Crippen LogP contribution in [0.5, 0.6) is 11.5 Å². The van der Waals surface area contributed by atoms with Crippen molar-refractivity contribution < 1.29 is 33.4 Å². The van der Waals surface area contributed by atoms with Crippen molar-refractivity contribution in [2.75, 3.05) is 13.7 Å². The zero-order valence-corrected chi connectivity index (χ0v) is 24.2. The van der Waals surface area contributed by atoms with Gasteiger partial charge >= 0.3 is 6.09 Å². The van der Waals surface area contributed by atoms with E-state index in [1.165, 1.54) is 4.90 Å². The lowest BCUT2D eigenvalue weighted by molar-refractivity contribution is -0.153. The van der Waals surface area contributed by atoms with Crippen LogP contribution in [0.1, 0.15) is 68.4 Å². The third-order valence-electron chi connectivity index (χ3n) is 7.74. The van der Waals surface area contributed by atoms with Crippen LogP contribution in [0.25, 0.3) is 0 Å². The van der Waals surface area contributed by atoms with Gasteiger partial charge in [-0.05, 0) is 75.6 Å². The number of methoxy groups -OCH3 is 1. The van der Waals surface area contributed by atoms with E-state index < -0.39 is 11.6 Å². The Morgan fingerprint density at radius 1 is 1.02 bits per heavy atom. The third-order valence-corrected chi connectivity index (χ3v) is 7.74. The molecule has 0 spiro atoms. The molecule has 0 bridgehead atoms. The van der Waals surface area contributed by atoms with Crippen LogP contribution in [0.2, 0.25) is 0 Å². The number of carbonyl (C=O) groups is 4. The lowest BCUT2D eigenvalue weighted by Crippen LogP contribution is -2.54. The number of hydrogen-bond acceptors (Lipinski definition) is 7. The van der Waals surface area contributed by atoms with Gasteiger partial charge in [-0.3, -0.25) is 19.3 Å². The summed E-state index contributed by atoms with van der Waals surface area (Å²) in [5.74, 6) is 0.460. The summed E-state index contributed by atoms with van der Waals surface area (Å²) >= 11 is 0. The first-order chi connectivity index (χ1) is 19.4. The van der Waals surface area contributed by atoms with Crippen molar-refractivity contribution in [1.82, 2.24) is 14.7 Å². The van der Waals surface area contributed by atoms with Gasteiger partial charge in [0.05, 0.1) is 20.2 Å². The van der Waals surface area contributed by atoms with Gasteiger partial charge in [-0.25, -0.2) is 4.79 Å². The van der Waals surface area contributed by atoms with E-state index in [2.05, 4.69) is 0 Å². The van der Waals surface area contributed by atoms with Crippen molar-refractivity contribution in [3.05, 3.63) is 59.2 Å². The fourth-order valence-corrected chi connectivity index (χ4v) is 5.67. The third kappa shape index (κ3) is 6.01. The average molecular weight is 564 g/mol. The Labute approximate surface area is 240 Å². The number of ether oxygens (including phenoxy) is 3. The largest absolute Gasteiger partial charge is 0.497 e. The average Bonchev–Trinajstić information content (AvgIpc) is 3.44. The second kappa shape index (κ2) is 11.1. The number of rotatable bonds is 6. The molecule has 0 aromatic heterocycles. The highest BCUT2D eigenvalue weighted by atomic mass is 16.6. The number of carbonyl (C=O) groups excluding carboxylic acids is 4. The predicted octanol–water partition coefficient (Wildman–Crippen LogP) is 4.15. The standard InChI is InChI=1S/C31H37N3O7/c1-19-14-24(18-32(19)30(38)41-31(2,3)4)40-23-10-11-25-21(15-23)17-33(28(25)36)26-12-13-27(35)34(29(26)37)16-20-6-8-22(39-5)9-7-20/h6-11,15,19,24,26H,12-14,16-18H2,1-5H3/t19-,24-,26?/m0/s1. The summed E-state index contributed by atoms with van der Waals surface area (Å²) in [7, 11) is 1.58. The van der Waals surface area contributed by atoms with Crippen molar-refractivity contribution in [1.29, 1.82) is 0 Å². The normalized spacial score (nSPS) is 22.7. The Bertz CT molecular complexity index is 1350. The van der Waals surface area contributed by atoms with E-state index in [0.29, 0.717) is 36.4 Å². The van der Waals surface area contributed by atoms with Crippen molar-refractivity contribution in [2.24, 2.45) is 0 Å². The van der Waals surface area contributed by atoms with Crippen LogP contribution in [0.4, 0.5) is 4.79 Å². The van der Waals surface area contributed by atoms with Crippen LogP contribution in [-0.4, -0.2) is 76.0 Å². The number of piperidine rings is 1. The lowest BCUT2D eigenvalue weighted by Gasteiger charge is -2.35. The number of amides is 4. The Morgan fingerprint density at radius 3 is 2.41 bits per heavy atom. The molecule has 0 saturated carbocycles. The highest BCUT2D eigenvalue weighted by Gasteiger charge is 2.43. The summed E-state index contributed by atoms with van der Waals surface area (Å²) in [6.07, 6.45) is 0.579. The van der Waals surface area contributed by atoms with Crippen molar-refractivity contribution in [2.45, 2.75) is 83.8 Å². The topological polar surface area (TPSA) is 106 Å². The molecular formula is C31H37N3O7. The summed E-state index contributed by atoms with van der Waals surface area (Å²) in [6, 6.07) is 11.8. The maximum atomic E-state index is 13.5. The first-order valence-corrected chi connectivity index (χ1v) is 14.0. The number of nitrogens with zero attached hydrogens (tertiary/aromatic N) is 3. The van der Waals surface area contributed by atoms with E-state index in [1.807, 2.05) is 45.9 Å². The second-order valence-corrected chi connectivity index (χ2v) is 11.9. The number of fused-ring (bicyclic) bond motifs is 1. The molecule has 1 unspecified atom stereocenters. The van der Waals surface area contributed by atoms with Gasteiger partial charge in [-0.1, -0.05) is 12.1 Å². The molecule has 3 aliphatic rings. The van der Waals surface area contributed by atoms with Gasteiger partial charge in [0.2, 0.25) is 5.91 Å². The fraction of sp³-hybridized carbons (Fsp3) is 0.484. The Hall–Kier alpha value is -4.08. The molecule has 0 aliphatic carbocycles. The molecule has 0 radical (unpaired) electrons. The molecule has 3 atom stereocenters. The highest BCUT2D eigenvalue weighted by Crippen LogP contribution is 2.33. The number of imide groups is 1. The molecule has 3 aliphatic heterocycles. The molecule has 2 aromatic rings. The minimum Gasteiger partial charge on any atom is -0.497 e. The van der Waals surface area contributed by atoms with E-state index >= 15 is 0 Å². The molecule has 2 fully saturated rings. The van der Waals surface area contributed by atoms with E-state index in [4.69, 9.17) is 14.2 Å². The summed E-state index contributed by atoms with van der Waals surface area (Å²) in [4.78, 5) is 56.6. The van der Waals surface area contributed by atoms with Crippen LogP contribution in [0, 0.1) is 0 Å². The summed E-state index contributed by atoms with van der Waals surface area (Å²) < 4.78 is 16.9. The maximum absolute atomic E-state index is 13.5. The van der Waals surface area contributed by atoms with Gasteiger partial charge in [-0.15, -0.1) is 0 Å². The summed E-state index contributed by atoms with van der Waals surface area (Å²) in [5, 5.41) is 0. The van der Waals surface area contributed by atoms with Crippen molar-refractivity contribution in [3.63, 3.8) is 0 Å². The molecule has 5 rings (SSSR count). The summed E-state index contributed by atoms with van der Waals surface area (Å²) in [5.41, 5.74) is 1.53. The maximum Gasteiger partial charge on any atom is 0.410 e. The van der Waals surface area contributed by atoms with Crippen LogP contribution in [-0.2, 0) is 27.4 Å². The predicted molar refractivity (Wildman–Crippen MR) is 149 cm³/mol. The molecule has 0 N–H and O–H groups in total. The van der Waals surface area contributed by atoms with Crippen LogP contribution >= 0.6 is 0 Å². The molecule has 2 saturated heterocycles.